The Balaban J connectivity index is 1.63. The van der Waals surface area contributed by atoms with Crippen LogP contribution < -0.4 is 14.8 Å². The van der Waals surface area contributed by atoms with Crippen molar-refractivity contribution >= 4 is 34.5 Å². The largest absolute Gasteiger partial charge is 0.497 e. The lowest BCUT2D eigenvalue weighted by Crippen LogP contribution is -2.38. The summed E-state index contributed by atoms with van der Waals surface area (Å²) >= 11 is 1.44. The number of esters is 1. The molecular formula is C29H31N3O5S. The van der Waals surface area contributed by atoms with Gasteiger partial charge in [-0.1, -0.05) is 42.1 Å². The van der Waals surface area contributed by atoms with Crippen LogP contribution in [0, 0.1) is 5.92 Å². The first-order valence-corrected chi connectivity index (χ1v) is 13.6. The van der Waals surface area contributed by atoms with Crippen LogP contribution in [0.2, 0.25) is 0 Å². The van der Waals surface area contributed by atoms with Gasteiger partial charge in [0, 0.05) is 29.4 Å². The minimum absolute atomic E-state index is 0.0547. The molecule has 1 aliphatic carbocycles. The van der Waals surface area contributed by atoms with Crippen LogP contribution in [0.25, 0.3) is 5.70 Å². The van der Waals surface area contributed by atoms with Crippen molar-refractivity contribution in [2.75, 3.05) is 27.4 Å². The molecule has 198 valence electrons. The van der Waals surface area contributed by atoms with Gasteiger partial charge in [0.2, 0.25) is 5.91 Å². The molecule has 2 aromatic carbocycles. The van der Waals surface area contributed by atoms with Gasteiger partial charge >= 0.3 is 5.97 Å². The monoisotopic (exact) mass is 533 g/mol. The van der Waals surface area contributed by atoms with E-state index in [4.69, 9.17) is 19.2 Å². The van der Waals surface area contributed by atoms with Crippen molar-refractivity contribution in [1.82, 2.24) is 10.2 Å². The summed E-state index contributed by atoms with van der Waals surface area (Å²) in [5, 5.41) is 5.67. The number of amidine groups is 1. The third-order valence-corrected chi connectivity index (χ3v) is 7.60. The number of fused-ring (bicyclic) bond motifs is 1. The van der Waals surface area contributed by atoms with E-state index < -0.39 is 12.0 Å². The maximum atomic E-state index is 13.6. The lowest BCUT2D eigenvalue weighted by atomic mass is 9.90. The van der Waals surface area contributed by atoms with E-state index in [1.807, 2.05) is 52.8 Å². The molecule has 1 saturated carbocycles. The summed E-state index contributed by atoms with van der Waals surface area (Å²) in [7, 11) is 3.18. The number of hydrogen-bond acceptors (Lipinski definition) is 8. The van der Waals surface area contributed by atoms with Crippen molar-refractivity contribution in [2.24, 2.45) is 10.9 Å². The number of rotatable bonds is 10. The molecule has 5 rings (SSSR count). The van der Waals surface area contributed by atoms with Gasteiger partial charge < -0.3 is 24.4 Å². The molecule has 9 heteroatoms. The molecule has 1 N–H and O–H groups in total. The molecule has 1 amide bonds. The zero-order chi connectivity index (χ0) is 26.6. The lowest BCUT2D eigenvalue weighted by Gasteiger charge is -2.37. The highest BCUT2D eigenvalue weighted by Gasteiger charge is 2.43. The molecular weight excluding hydrogens is 502 g/mol. The molecule has 0 unspecified atom stereocenters. The third-order valence-electron chi connectivity index (χ3n) is 6.71. The number of aliphatic imine (C=N–C) groups is 1. The van der Waals surface area contributed by atoms with E-state index in [0.717, 1.165) is 29.7 Å². The van der Waals surface area contributed by atoms with Crippen molar-refractivity contribution in [1.29, 1.82) is 0 Å². The van der Waals surface area contributed by atoms with Crippen LogP contribution >= 0.6 is 11.8 Å². The van der Waals surface area contributed by atoms with Gasteiger partial charge in [-0.15, -0.1) is 0 Å². The Morgan fingerprint density at radius 1 is 1.11 bits per heavy atom. The molecule has 8 nitrogen and oxygen atoms in total. The van der Waals surface area contributed by atoms with Crippen LogP contribution in [0.5, 0.6) is 11.5 Å². The fourth-order valence-corrected chi connectivity index (χ4v) is 5.55. The smallest absolute Gasteiger partial charge is 0.338 e. The summed E-state index contributed by atoms with van der Waals surface area (Å²) in [6, 6.07) is 14.5. The van der Waals surface area contributed by atoms with E-state index in [-0.39, 0.29) is 18.9 Å². The number of benzene rings is 2. The Morgan fingerprint density at radius 2 is 1.89 bits per heavy atom. The van der Waals surface area contributed by atoms with Gasteiger partial charge in [-0.05, 0) is 43.2 Å². The fourth-order valence-electron chi connectivity index (χ4n) is 4.63. The zero-order valence-corrected chi connectivity index (χ0v) is 22.5. The summed E-state index contributed by atoms with van der Waals surface area (Å²) in [6.07, 6.45) is 2.50. The van der Waals surface area contributed by atoms with Gasteiger partial charge in [-0.2, -0.15) is 0 Å². The van der Waals surface area contributed by atoms with Crippen LogP contribution in [0.3, 0.4) is 0 Å². The number of carbonyl (C=O) groups is 2. The standard InChI is InChI=1S/C29H31N3O5S/c1-4-37-28(34)25-26(19-8-6-5-7-9-19)31-29-32(20(17-38-29)14-24(33)30-16-18-10-11-18)27(25)22-13-12-21(35-2)15-23(22)36-3/h5-9,12-13,15,17-18,27H,4,10-11,14,16H2,1-3H3,(H,30,33)/t27-/m0/s1. The Kier molecular flexibility index (Phi) is 7.74. The maximum Gasteiger partial charge on any atom is 0.338 e. The van der Waals surface area contributed by atoms with Crippen molar-refractivity contribution in [3.8, 4) is 11.5 Å². The first kappa shape index (κ1) is 25.9. The molecule has 2 aromatic rings. The Morgan fingerprint density at radius 3 is 2.58 bits per heavy atom. The normalized spacial score (nSPS) is 18.4. The SMILES string of the molecule is CCOC(=O)C1=C(c2ccccc2)N=C2SC=C(CC(=O)NCC3CC3)N2[C@H]1c1ccc(OC)cc1OC. The van der Waals surface area contributed by atoms with E-state index in [1.165, 1.54) is 11.8 Å². The highest BCUT2D eigenvalue weighted by atomic mass is 32.2. The second-order valence-electron chi connectivity index (χ2n) is 9.27. The average molecular weight is 534 g/mol. The van der Waals surface area contributed by atoms with Crippen molar-refractivity contribution < 1.29 is 23.8 Å². The summed E-state index contributed by atoms with van der Waals surface area (Å²) in [4.78, 5) is 33.4. The number of carbonyl (C=O) groups excluding carboxylic acids is 2. The van der Waals surface area contributed by atoms with E-state index >= 15 is 0 Å². The van der Waals surface area contributed by atoms with Gasteiger partial charge in [0.1, 0.15) is 11.5 Å². The summed E-state index contributed by atoms with van der Waals surface area (Å²) in [5.74, 6) is 1.25. The van der Waals surface area contributed by atoms with Gasteiger partial charge in [-0.3, -0.25) is 4.79 Å². The molecule has 2 aliphatic heterocycles. The Bertz CT molecular complexity index is 1320. The van der Waals surface area contributed by atoms with Gasteiger partial charge in [-0.25, -0.2) is 9.79 Å². The molecule has 0 spiro atoms. The predicted molar refractivity (Wildman–Crippen MR) is 148 cm³/mol. The van der Waals surface area contributed by atoms with Gasteiger partial charge in [0.05, 0.1) is 44.6 Å². The molecule has 0 bridgehead atoms. The van der Waals surface area contributed by atoms with E-state index in [1.54, 1.807) is 27.2 Å². The lowest BCUT2D eigenvalue weighted by molar-refractivity contribution is -0.139. The number of ether oxygens (including phenoxy) is 3. The zero-order valence-electron chi connectivity index (χ0n) is 21.7. The number of methoxy groups -OCH3 is 2. The van der Waals surface area contributed by atoms with Crippen LogP contribution in [0.1, 0.15) is 43.4 Å². The maximum absolute atomic E-state index is 13.6. The molecule has 2 heterocycles. The highest BCUT2D eigenvalue weighted by molar-refractivity contribution is 8.16. The quantitative estimate of drug-likeness (QED) is 0.435. The van der Waals surface area contributed by atoms with Crippen LogP contribution in [0.15, 0.2) is 70.2 Å². The van der Waals surface area contributed by atoms with Gasteiger partial charge in [0.15, 0.2) is 5.17 Å². The third kappa shape index (κ3) is 5.29. The number of hydrogen-bond donors (Lipinski definition) is 1. The average Bonchev–Trinajstić information content (AvgIpc) is 3.70. The number of nitrogens with one attached hydrogen (secondary N) is 1. The first-order chi connectivity index (χ1) is 18.5. The second kappa shape index (κ2) is 11.3. The molecule has 38 heavy (non-hydrogen) atoms. The number of nitrogens with zero attached hydrogens (tertiary/aromatic N) is 2. The van der Waals surface area contributed by atoms with Crippen LogP contribution in [-0.2, 0) is 14.3 Å². The molecule has 0 radical (unpaired) electrons. The minimum atomic E-state index is -0.630. The molecule has 1 fully saturated rings. The van der Waals surface area contributed by atoms with E-state index in [2.05, 4.69) is 5.32 Å². The van der Waals surface area contributed by atoms with Crippen LogP contribution in [-0.4, -0.2) is 49.3 Å². The van der Waals surface area contributed by atoms with E-state index in [9.17, 15) is 9.59 Å². The Hall–Kier alpha value is -3.72. The van der Waals surface area contributed by atoms with Crippen molar-refractivity contribution in [3.63, 3.8) is 0 Å². The second-order valence-corrected chi connectivity index (χ2v) is 10.1. The molecule has 0 aromatic heterocycles. The first-order valence-electron chi connectivity index (χ1n) is 12.7. The highest BCUT2D eigenvalue weighted by Crippen LogP contribution is 2.49. The fraction of sp³-hybridized carbons (Fsp3) is 0.345. The predicted octanol–water partition coefficient (Wildman–Crippen LogP) is 4.90. The van der Waals surface area contributed by atoms with Crippen molar-refractivity contribution in [3.05, 3.63) is 76.3 Å². The molecule has 0 saturated heterocycles. The minimum Gasteiger partial charge on any atom is -0.497 e. The van der Waals surface area contributed by atoms with E-state index in [0.29, 0.717) is 40.4 Å². The topological polar surface area (TPSA) is 89.5 Å². The number of amides is 1. The summed E-state index contributed by atoms with van der Waals surface area (Å²) < 4.78 is 16.8. The van der Waals surface area contributed by atoms with Crippen molar-refractivity contribution in [2.45, 2.75) is 32.2 Å². The summed E-state index contributed by atoms with van der Waals surface area (Å²) in [6.45, 7) is 2.69. The number of thioether (sulfide) groups is 1. The summed E-state index contributed by atoms with van der Waals surface area (Å²) in [5.41, 5.74) is 3.23. The van der Waals surface area contributed by atoms with Crippen LogP contribution in [0.4, 0.5) is 0 Å². The molecule has 1 atom stereocenters. The Labute approximate surface area is 226 Å². The van der Waals surface area contributed by atoms with Gasteiger partial charge in [0.25, 0.3) is 0 Å². The molecule has 3 aliphatic rings.